The quantitative estimate of drug-likeness (QED) is 0.938. The van der Waals surface area contributed by atoms with E-state index in [4.69, 9.17) is 11.6 Å². The number of aromatic nitrogens is 2. The molecule has 0 bridgehead atoms. The summed E-state index contributed by atoms with van der Waals surface area (Å²) in [5.74, 6) is 1.02. The van der Waals surface area contributed by atoms with Crippen LogP contribution in [0.25, 0.3) is 0 Å². The molecule has 106 valence electrons. The highest BCUT2D eigenvalue weighted by Gasteiger charge is 2.29. The van der Waals surface area contributed by atoms with Gasteiger partial charge in [0.1, 0.15) is 0 Å². The molecule has 1 aliphatic heterocycles. The highest BCUT2D eigenvalue weighted by molar-refractivity contribution is 6.30. The van der Waals surface area contributed by atoms with Gasteiger partial charge < -0.3 is 9.88 Å². The van der Waals surface area contributed by atoms with E-state index in [1.54, 1.807) is 0 Å². The molecule has 2 heterocycles. The number of piperidine rings is 1. The second kappa shape index (κ2) is 5.98. The number of nitrogens with zero attached hydrogens (tertiary/aromatic N) is 2. The lowest BCUT2D eigenvalue weighted by molar-refractivity contribution is 0.388. The van der Waals surface area contributed by atoms with Gasteiger partial charge in [-0.2, -0.15) is 0 Å². The Kier molecular flexibility index (Phi) is 4.08. The van der Waals surface area contributed by atoms with Gasteiger partial charge in [0, 0.05) is 41.8 Å². The van der Waals surface area contributed by atoms with Crippen molar-refractivity contribution in [2.75, 3.05) is 13.1 Å². The molecule has 1 aliphatic rings. The van der Waals surface area contributed by atoms with Gasteiger partial charge >= 0.3 is 0 Å². The monoisotopic (exact) mass is 289 g/mol. The first-order chi connectivity index (χ1) is 9.79. The van der Waals surface area contributed by atoms with Gasteiger partial charge in [-0.05, 0) is 37.6 Å². The lowest BCUT2D eigenvalue weighted by Gasteiger charge is -2.33. The molecule has 0 aliphatic carbocycles. The highest BCUT2D eigenvalue weighted by Crippen LogP contribution is 2.37. The predicted octanol–water partition coefficient (Wildman–Crippen LogP) is 3.42. The molecule has 1 saturated heterocycles. The SMILES string of the molecule is CCn1cncc1C1CCNCC1c1ccc(Cl)cc1. The lowest BCUT2D eigenvalue weighted by Crippen LogP contribution is -2.34. The van der Waals surface area contributed by atoms with Crippen LogP contribution < -0.4 is 5.32 Å². The smallest absolute Gasteiger partial charge is 0.0948 e. The Hall–Kier alpha value is -1.32. The van der Waals surface area contributed by atoms with Crippen molar-refractivity contribution < 1.29 is 0 Å². The number of imidazole rings is 1. The van der Waals surface area contributed by atoms with Gasteiger partial charge in [-0.15, -0.1) is 0 Å². The summed E-state index contributed by atoms with van der Waals surface area (Å²) in [5, 5.41) is 4.31. The van der Waals surface area contributed by atoms with Gasteiger partial charge in [0.05, 0.1) is 6.33 Å². The van der Waals surface area contributed by atoms with Gasteiger partial charge in [0.15, 0.2) is 0 Å². The van der Waals surface area contributed by atoms with E-state index < -0.39 is 0 Å². The second-order valence-electron chi connectivity index (χ2n) is 5.36. The van der Waals surface area contributed by atoms with Gasteiger partial charge in [0.2, 0.25) is 0 Å². The Labute approximate surface area is 125 Å². The van der Waals surface area contributed by atoms with Crippen LogP contribution in [-0.2, 0) is 6.54 Å². The average molecular weight is 290 g/mol. The molecule has 2 aromatic rings. The van der Waals surface area contributed by atoms with E-state index in [0.717, 1.165) is 31.1 Å². The lowest BCUT2D eigenvalue weighted by atomic mass is 9.79. The normalized spacial score (nSPS) is 22.9. The van der Waals surface area contributed by atoms with Crippen LogP contribution in [0, 0.1) is 0 Å². The van der Waals surface area contributed by atoms with Crippen molar-refractivity contribution in [3.63, 3.8) is 0 Å². The predicted molar refractivity (Wildman–Crippen MR) is 82.3 cm³/mol. The van der Waals surface area contributed by atoms with Gasteiger partial charge in [-0.25, -0.2) is 4.98 Å². The number of hydrogen-bond donors (Lipinski definition) is 1. The highest BCUT2D eigenvalue weighted by atomic mass is 35.5. The van der Waals surface area contributed by atoms with Crippen LogP contribution in [0.5, 0.6) is 0 Å². The van der Waals surface area contributed by atoms with Crippen molar-refractivity contribution >= 4 is 11.6 Å². The molecule has 0 saturated carbocycles. The fraction of sp³-hybridized carbons (Fsp3) is 0.438. The Morgan fingerprint density at radius 2 is 2.10 bits per heavy atom. The molecule has 2 unspecified atom stereocenters. The van der Waals surface area contributed by atoms with Crippen molar-refractivity contribution in [2.45, 2.75) is 31.7 Å². The third-order valence-corrected chi connectivity index (χ3v) is 4.50. The third-order valence-electron chi connectivity index (χ3n) is 4.25. The molecule has 1 N–H and O–H groups in total. The second-order valence-corrected chi connectivity index (χ2v) is 5.80. The number of benzene rings is 1. The average Bonchev–Trinajstić information content (AvgIpc) is 2.96. The zero-order valence-electron chi connectivity index (χ0n) is 11.7. The molecule has 0 radical (unpaired) electrons. The summed E-state index contributed by atoms with van der Waals surface area (Å²) in [6, 6.07) is 8.28. The van der Waals surface area contributed by atoms with Crippen molar-refractivity contribution in [3.8, 4) is 0 Å². The maximum atomic E-state index is 6.00. The molecule has 4 heteroatoms. The van der Waals surface area contributed by atoms with Gasteiger partial charge in [0.25, 0.3) is 0 Å². The fourth-order valence-electron chi connectivity index (χ4n) is 3.18. The van der Waals surface area contributed by atoms with Crippen LogP contribution >= 0.6 is 11.6 Å². The Morgan fingerprint density at radius 1 is 1.30 bits per heavy atom. The standard InChI is InChI=1S/C16H20ClN3/c1-2-20-11-19-10-16(20)14-7-8-18-9-15(14)12-3-5-13(17)6-4-12/h3-6,10-11,14-15,18H,2,7-9H2,1H3. The number of rotatable bonds is 3. The zero-order valence-corrected chi connectivity index (χ0v) is 12.5. The topological polar surface area (TPSA) is 29.9 Å². The summed E-state index contributed by atoms with van der Waals surface area (Å²) >= 11 is 6.00. The van der Waals surface area contributed by atoms with E-state index >= 15 is 0 Å². The number of halogens is 1. The summed E-state index contributed by atoms with van der Waals surface area (Å²) in [6.45, 7) is 5.24. The van der Waals surface area contributed by atoms with Crippen LogP contribution in [0.2, 0.25) is 5.02 Å². The molecule has 0 spiro atoms. The number of hydrogen-bond acceptors (Lipinski definition) is 2. The number of nitrogens with one attached hydrogen (secondary N) is 1. The molecular formula is C16H20ClN3. The summed E-state index contributed by atoms with van der Waals surface area (Å²) in [5.41, 5.74) is 2.71. The van der Waals surface area contributed by atoms with Crippen LogP contribution in [0.3, 0.4) is 0 Å². The fourth-order valence-corrected chi connectivity index (χ4v) is 3.30. The van der Waals surface area contributed by atoms with Crippen molar-refractivity contribution in [3.05, 3.63) is 53.1 Å². The van der Waals surface area contributed by atoms with Crippen LogP contribution in [0.1, 0.15) is 36.4 Å². The van der Waals surface area contributed by atoms with E-state index in [1.807, 2.05) is 24.7 Å². The summed E-state index contributed by atoms with van der Waals surface area (Å²) in [4.78, 5) is 4.33. The van der Waals surface area contributed by atoms with Crippen LogP contribution in [0.4, 0.5) is 0 Å². The van der Waals surface area contributed by atoms with E-state index in [1.165, 1.54) is 11.3 Å². The Balaban J connectivity index is 1.93. The molecule has 1 aromatic heterocycles. The molecule has 1 aromatic carbocycles. The first-order valence-corrected chi connectivity index (χ1v) is 7.63. The van der Waals surface area contributed by atoms with Crippen molar-refractivity contribution in [1.82, 2.24) is 14.9 Å². The molecule has 1 fully saturated rings. The zero-order chi connectivity index (χ0) is 13.9. The Bertz CT molecular complexity index is 561. The molecule has 2 atom stereocenters. The largest absolute Gasteiger partial charge is 0.335 e. The van der Waals surface area contributed by atoms with Gasteiger partial charge in [-0.1, -0.05) is 23.7 Å². The molecule has 0 amide bonds. The van der Waals surface area contributed by atoms with Crippen molar-refractivity contribution in [1.29, 1.82) is 0 Å². The molecule has 3 rings (SSSR count). The van der Waals surface area contributed by atoms with E-state index in [0.29, 0.717) is 11.8 Å². The molecular weight excluding hydrogens is 270 g/mol. The summed E-state index contributed by atoms with van der Waals surface area (Å²) < 4.78 is 2.26. The van der Waals surface area contributed by atoms with E-state index in [-0.39, 0.29) is 0 Å². The maximum Gasteiger partial charge on any atom is 0.0948 e. The van der Waals surface area contributed by atoms with Crippen LogP contribution in [-0.4, -0.2) is 22.6 Å². The Morgan fingerprint density at radius 3 is 2.85 bits per heavy atom. The first-order valence-electron chi connectivity index (χ1n) is 7.25. The van der Waals surface area contributed by atoms with E-state index in [9.17, 15) is 0 Å². The minimum absolute atomic E-state index is 0.489. The maximum absolute atomic E-state index is 6.00. The van der Waals surface area contributed by atoms with Gasteiger partial charge in [-0.3, -0.25) is 0 Å². The first kappa shape index (κ1) is 13.7. The van der Waals surface area contributed by atoms with Crippen molar-refractivity contribution in [2.24, 2.45) is 0 Å². The third kappa shape index (κ3) is 2.60. The summed E-state index contributed by atoms with van der Waals surface area (Å²) in [6.07, 6.45) is 5.12. The minimum Gasteiger partial charge on any atom is -0.335 e. The summed E-state index contributed by atoms with van der Waals surface area (Å²) in [7, 11) is 0. The van der Waals surface area contributed by atoms with E-state index in [2.05, 4.69) is 33.9 Å². The number of aryl methyl sites for hydroxylation is 1. The minimum atomic E-state index is 0.489. The molecule has 20 heavy (non-hydrogen) atoms. The molecule has 3 nitrogen and oxygen atoms in total. The van der Waals surface area contributed by atoms with Crippen LogP contribution in [0.15, 0.2) is 36.8 Å².